The summed E-state index contributed by atoms with van der Waals surface area (Å²) in [7, 11) is 0. The Kier molecular flexibility index (Phi) is 11.5. The number of aromatic nitrogens is 1. The summed E-state index contributed by atoms with van der Waals surface area (Å²) >= 11 is 6.26. The highest BCUT2D eigenvalue weighted by Gasteiger charge is 2.25. The molecule has 2 N–H and O–H groups in total. The first-order chi connectivity index (χ1) is 13.1. The lowest BCUT2D eigenvalue weighted by atomic mass is 10.3. The number of carbonyl (C=O) groups is 1. The number of carbonyl (C=O) groups excluding carboxylic acids is 1. The predicted molar refractivity (Wildman–Crippen MR) is 127 cm³/mol. The van der Waals surface area contributed by atoms with E-state index in [-0.39, 0.29) is 35.9 Å². The Morgan fingerprint density at radius 3 is 2.79 bits per heavy atom. The van der Waals surface area contributed by atoms with E-state index in [0.29, 0.717) is 18.0 Å². The van der Waals surface area contributed by atoms with Crippen molar-refractivity contribution >= 4 is 53.3 Å². The Hall–Kier alpha value is -1.29. The number of guanidine groups is 1. The molecule has 1 unspecified atom stereocenters. The molecule has 7 nitrogen and oxygen atoms in total. The SMILES string of the molecule is CCNC(=NCCC(=O)N(CC)CC)NC1CCN(c2ncccc2Cl)C1.I. The van der Waals surface area contributed by atoms with Crippen LogP contribution in [0.25, 0.3) is 0 Å². The minimum Gasteiger partial charge on any atom is -0.357 e. The number of amides is 1. The maximum Gasteiger partial charge on any atom is 0.224 e. The van der Waals surface area contributed by atoms with Crippen LogP contribution in [0.4, 0.5) is 5.82 Å². The molecule has 0 spiro atoms. The monoisotopic (exact) mass is 522 g/mol. The van der Waals surface area contributed by atoms with E-state index < -0.39 is 0 Å². The molecule has 1 saturated heterocycles. The van der Waals surface area contributed by atoms with Gasteiger partial charge in [-0.1, -0.05) is 11.6 Å². The number of aliphatic imine (C=N–C) groups is 1. The maximum absolute atomic E-state index is 12.1. The van der Waals surface area contributed by atoms with Crippen LogP contribution in [-0.2, 0) is 4.79 Å². The van der Waals surface area contributed by atoms with Gasteiger partial charge in [-0.3, -0.25) is 9.79 Å². The van der Waals surface area contributed by atoms with Crippen molar-refractivity contribution in [2.45, 2.75) is 39.7 Å². The molecule has 1 amide bonds. The summed E-state index contributed by atoms with van der Waals surface area (Å²) in [6.07, 6.45) is 3.18. The molecule has 1 aliphatic rings. The second kappa shape index (κ2) is 13.0. The molecule has 2 rings (SSSR count). The van der Waals surface area contributed by atoms with Crippen molar-refractivity contribution in [2.75, 3.05) is 44.2 Å². The first-order valence-corrected chi connectivity index (χ1v) is 10.1. The molecule has 28 heavy (non-hydrogen) atoms. The van der Waals surface area contributed by atoms with E-state index in [9.17, 15) is 4.79 Å². The van der Waals surface area contributed by atoms with Crippen molar-refractivity contribution in [1.82, 2.24) is 20.5 Å². The van der Waals surface area contributed by atoms with Gasteiger partial charge < -0.3 is 20.4 Å². The number of nitrogens with one attached hydrogen (secondary N) is 2. The van der Waals surface area contributed by atoms with Gasteiger partial charge in [-0.2, -0.15) is 0 Å². The van der Waals surface area contributed by atoms with Crippen LogP contribution in [0.5, 0.6) is 0 Å². The molecule has 0 saturated carbocycles. The Labute approximate surface area is 190 Å². The summed E-state index contributed by atoms with van der Waals surface area (Å²) in [5, 5.41) is 7.40. The standard InChI is InChI=1S/C19H31ClN6O.HI/c1-4-21-19(23-12-9-17(27)25(5-2)6-3)24-15-10-13-26(14-15)18-16(20)8-7-11-22-18;/h7-8,11,15H,4-6,9-10,12-14H2,1-3H3,(H2,21,23,24);1H. The second-order valence-corrected chi connectivity index (χ2v) is 6.87. The number of hydrogen-bond acceptors (Lipinski definition) is 4. The van der Waals surface area contributed by atoms with Crippen LogP contribution in [0, 0.1) is 0 Å². The molecule has 1 fully saturated rings. The predicted octanol–water partition coefficient (Wildman–Crippen LogP) is 2.75. The fourth-order valence-electron chi connectivity index (χ4n) is 3.19. The summed E-state index contributed by atoms with van der Waals surface area (Å²) in [5.41, 5.74) is 0. The van der Waals surface area contributed by atoms with Gasteiger partial charge in [-0.25, -0.2) is 4.98 Å². The van der Waals surface area contributed by atoms with E-state index in [1.54, 1.807) is 6.20 Å². The van der Waals surface area contributed by atoms with Gasteiger partial charge in [0.15, 0.2) is 5.96 Å². The van der Waals surface area contributed by atoms with Crippen molar-refractivity contribution in [3.63, 3.8) is 0 Å². The summed E-state index contributed by atoms with van der Waals surface area (Å²) in [4.78, 5) is 25.1. The van der Waals surface area contributed by atoms with E-state index in [1.807, 2.05) is 37.8 Å². The first-order valence-electron chi connectivity index (χ1n) is 9.77. The third-order valence-electron chi connectivity index (χ3n) is 4.62. The molecular formula is C19H32ClIN6O. The van der Waals surface area contributed by atoms with E-state index in [2.05, 4.69) is 25.5 Å². The van der Waals surface area contributed by atoms with Crippen molar-refractivity contribution in [1.29, 1.82) is 0 Å². The van der Waals surface area contributed by atoms with Gasteiger partial charge in [0.05, 0.1) is 11.6 Å². The average molecular weight is 523 g/mol. The van der Waals surface area contributed by atoms with E-state index >= 15 is 0 Å². The summed E-state index contributed by atoms with van der Waals surface area (Å²) in [6, 6.07) is 3.97. The largest absolute Gasteiger partial charge is 0.357 e. The van der Waals surface area contributed by atoms with Crippen molar-refractivity contribution in [3.05, 3.63) is 23.4 Å². The third-order valence-corrected chi connectivity index (χ3v) is 4.92. The molecule has 158 valence electrons. The minimum absolute atomic E-state index is 0. The lowest BCUT2D eigenvalue weighted by molar-refractivity contribution is -0.130. The summed E-state index contributed by atoms with van der Waals surface area (Å²) in [6.45, 7) is 10.5. The van der Waals surface area contributed by atoms with Crippen LogP contribution in [-0.4, -0.2) is 67.1 Å². The van der Waals surface area contributed by atoms with Gasteiger partial charge in [-0.15, -0.1) is 24.0 Å². The van der Waals surface area contributed by atoms with Crippen LogP contribution in [0.1, 0.15) is 33.6 Å². The zero-order valence-electron chi connectivity index (χ0n) is 16.9. The van der Waals surface area contributed by atoms with E-state index in [1.165, 1.54) is 0 Å². The molecule has 1 aliphatic heterocycles. The quantitative estimate of drug-likeness (QED) is 0.312. The average Bonchev–Trinajstić information content (AvgIpc) is 3.11. The molecular weight excluding hydrogens is 491 g/mol. The molecule has 0 bridgehead atoms. The van der Waals surface area contributed by atoms with E-state index in [0.717, 1.165) is 50.9 Å². The molecule has 0 radical (unpaired) electrons. The van der Waals surface area contributed by atoms with Gasteiger partial charge in [0.1, 0.15) is 5.82 Å². The Morgan fingerprint density at radius 2 is 2.14 bits per heavy atom. The smallest absolute Gasteiger partial charge is 0.224 e. The molecule has 1 aromatic rings. The van der Waals surface area contributed by atoms with Crippen LogP contribution in [0.15, 0.2) is 23.3 Å². The highest BCUT2D eigenvalue weighted by molar-refractivity contribution is 14.0. The number of hydrogen-bond donors (Lipinski definition) is 2. The number of pyridine rings is 1. The fraction of sp³-hybridized carbons (Fsp3) is 0.632. The Balaban J connectivity index is 0.00000392. The van der Waals surface area contributed by atoms with Gasteiger partial charge >= 0.3 is 0 Å². The summed E-state index contributed by atoms with van der Waals surface area (Å²) in [5.74, 6) is 1.73. The Morgan fingerprint density at radius 1 is 1.39 bits per heavy atom. The minimum atomic E-state index is 0. The van der Waals surface area contributed by atoms with Crippen LogP contribution in [0.2, 0.25) is 5.02 Å². The molecule has 2 heterocycles. The van der Waals surface area contributed by atoms with Crippen LogP contribution >= 0.6 is 35.6 Å². The highest BCUT2D eigenvalue weighted by Crippen LogP contribution is 2.25. The number of nitrogens with zero attached hydrogens (tertiary/aromatic N) is 4. The van der Waals surface area contributed by atoms with Gasteiger partial charge in [0, 0.05) is 51.4 Å². The molecule has 1 aromatic heterocycles. The maximum atomic E-state index is 12.1. The molecule has 1 atom stereocenters. The van der Waals surface area contributed by atoms with Crippen LogP contribution in [0.3, 0.4) is 0 Å². The van der Waals surface area contributed by atoms with Crippen LogP contribution < -0.4 is 15.5 Å². The topological polar surface area (TPSA) is 72.9 Å². The van der Waals surface area contributed by atoms with E-state index in [4.69, 9.17) is 11.6 Å². The number of rotatable bonds is 8. The first kappa shape index (κ1) is 24.7. The molecule has 0 aliphatic carbocycles. The number of halogens is 2. The molecule has 0 aromatic carbocycles. The zero-order chi connectivity index (χ0) is 19.6. The van der Waals surface area contributed by atoms with Gasteiger partial charge in [-0.05, 0) is 39.3 Å². The Bertz CT molecular complexity index is 641. The normalized spacial score (nSPS) is 16.5. The van der Waals surface area contributed by atoms with Gasteiger partial charge in [0.2, 0.25) is 5.91 Å². The fourth-order valence-corrected chi connectivity index (χ4v) is 3.43. The molecule has 9 heteroatoms. The lowest BCUT2D eigenvalue weighted by Crippen LogP contribution is -2.44. The number of anilines is 1. The summed E-state index contributed by atoms with van der Waals surface area (Å²) < 4.78 is 0. The lowest BCUT2D eigenvalue weighted by Gasteiger charge is -2.20. The van der Waals surface area contributed by atoms with Crippen molar-refractivity contribution in [2.24, 2.45) is 4.99 Å². The van der Waals surface area contributed by atoms with Gasteiger partial charge in [0.25, 0.3) is 0 Å². The van der Waals surface area contributed by atoms with Crippen molar-refractivity contribution < 1.29 is 4.79 Å². The van der Waals surface area contributed by atoms with Crippen molar-refractivity contribution in [3.8, 4) is 0 Å². The second-order valence-electron chi connectivity index (χ2n) is 6.46. The zero-order valence-corrected chi connectivity index (χ0v) is 20.0. The third kappa shape index (κ3) is 7.27. The highest BCUT2D eigenvalue weighted by atomic mass is 127.